The minimum Gasteiger partial charge on any atom is -0.494 e. The number of carbonyl (C=O) groups is 1. The molecule has 0 radical (unpaired) electrons. The molecule has 1 saturated heterocycles. The molecule has 0 spiro atoms. The van der Waals surface area contributed by atoms with Crippen LogP contribution in [0.25, 0.3) is 11.0 Å². The van der Waals surface area contributed by atoms with Crippen LogP contribution in [-0.4, -0.2) is 79.8 Å². The van der Waals surface area contributed by atoms with E-state index in [0.29, 0.717) is 52.5 Å². The molecule has 246 valence electrons. The Hall–Kier alpha value is -3.70. The first-order chi connectivity index (χ1) is 22.2. The standard InChI is InChI=1S/C36H47N3O6Si/c1-46(2,3)21-20-43-25-35(29-12-15-32-33(22-29)38-26-37-32)45-34-23-39(36(40)41)17-16-31(34)28-10-13-30(14-11-28)44-19-7-18-42-24-27-8-5-4-6-9-27/h4-6,8-15,22,26,31,34-35H,7,16-21,23-25H2,1-3H3,(H,37,38)(H,40,41). The van der Waals surface area contributed by atoms with E-state index in [9.17, 15) is 9.90 Å². The van der Waals surface area contributed by atoms with Crippen LogP contribution >= 0.6 is 0 Å². The maximum absolute atomic E-state index is 12.0. The van der Waals surface area contributed by atoms with Gasteiger partial charge in [-0.3, -0.25) is 0 Å². The Balaban J connectivity index is 1.23. The molecule has 9 nitrogen and oxygen atoms in total. The molecule has 1 aliphatic rings. The number of carboxylic acid groups (broad SMARTS) is 1. The van der Waals surface area contributed by atoms with E-state index in [4.69, 9.17) is 18.9 Å². The van der Waals surface area contributed by atoms with Gasteiger partial charge in [0.05, 0.1) is 56.4 Å². The molecule has 1 amide bonds. The van der Waals surface area contributed by atoms with Gasteiger partial charge >= 0.3 is 6.09 Å². The lowest BCUT2D eigenvalue weighted by Gasteiger charge is -2.39. The number of aromatic nitrogens is 2. The third-order valence-electron chi connectivity index (χ3n) is 8.37. The average Bonchev–Trinajstić information content (AvgIpc) is 3.52. The second kappa shape index (κ2) is 16.2. The first-order valence-electron chi connectivity index (χ1n) is 16.2. The van der Waals surface area contributed by atoms with E-state index >= 15 is 0 Å². The molecule has 2 N–H and O–H groups in total. The molecular formula is C36H47N3O6Si. The molecule has 3 atom stereocenters. The van der Waals surface area contributed by atoms with Crippen molar-refractivity contribution in [2.75, 3.05) is 39.5 Å². The Bertz CT molecular complexity index is 1510. The minimum absolute atomic E-state index is 0.0244. The van der Waals surface area contributed by atoms with Gasteiger partial charge in [-0.2, -0.15) is 0 Å². The van der Waals surface area contributed by atoms with E-state index in [0.717, 1.165) is 45.9 Å². The first kappa shape index (κ1) is 33.7. The van der Waals surface area contributed by atoms with Gasteiger partial charge in [-0.25, -0.2) is 9.78 Å². The van der Waals surface area contributed by atoms with Crippen molar-refractivity contribution in [3.63, 3.8) is 0 Å². The van der Waals surface area contributed by atoms with Crippen molar-refractivity contribution in [2.45, 2.75) is 63.3 Å². The summed E-state index contributed by atoms with van der Waals surface area (Å²) in [4.78, 5) is 21.0. The second-order valence-corrected chi connectivity index (χ2v) is 18.8. The van der Waals surface area contributed by atoms with E-state index < -0.39 is 14.2 Å². The molecule has 0 bridgehead atoms. The highest BCUT2D eigenvalue weighted by molar-refractivity contribution is 6.76. The summed E-state index contributed by atoms with van der Waals surface area (Å²) in [7, 11) is -1.25. The minimum atomic E-state index is -1.25. The third kappa shape index (κ3) is 9.90. The van der Waals surface area contributed by atoms with Gasteiger partial charge in [0.15, 0.2) is 0 Å². The van der Waals surface area contributed by atoms with Crippen molar-refractivity contribution in [2.24, 2.45) is 0 Å². The Labute approximate surface area is 272 Å². The SMILES string of the molecule is C[Si](C)(C)CCOCC(OC1CN(C(=O)O)CCC1c1ccc(OCCCOCc2ccccc2)cc1)c1ccc2nc[nH]c2c1. The van der Waals surface area contributed by atoms with Gasteiger partial charge in [0, 0.05) is 33.6 Å². The molecule has 1 fully saturated rings. The van der Waals surface area contributed by atoms with Gasteiger partial charge in [-0.1, -0.05) is 68.2 Å². The van der Waals surface area contributed by atoms with Crippen molar-refractivity contribution in [3.05, 3.63) is 95.8 Å². The molecule has 2 heterocycles. The van der Waals surface area contributed by atoms with Gasteiger partial charge in [0.25, 0.3) is 0 Å². The number of aromatic amines is 1. The summed E-state index contributed by atoms with van der Waals surface area (Å²) in [5.41, 5.74) is 5.06. The number of hydrogen-bond donors (Lipinski definition) is 2. The predicted octanol–water partition coefficient (Wildman–Crippen LogP) is 7.50. The number of rotatable bonds is 16. The van der Waals surface area contributed by atoms with Crippen molar-refractivity contribution >= 4 is 25.2 Å². The van der Waals surface area contributed by atoms with Crippen molar-refractivity contribution < 1.29 is 28.8 Å². The van der Waals surface area contributed by atoms with E-state index in [1.165, 1.54) is 4.90 Å². The van der Waals surface area contributed by atoms with Gasteiger partial charge in [-0.05, 0) is 53.4 Å². The highest BCUT2D eigenvalue weighted by Crippen LogP contribution is 2.35. The largest absolute Gasteiger partial charge is 0.494 e. The fourth-order valence-corrected chi connectivity index (χ4v) is 6.44. The number of imidazole rings is 1. The van der Waals surface area contributed by atoms with Crippen LogP contribution in [0.5, 0.6) is 5.75 Å². The van der Waals surface area contributed by atoms with Crippen LogP contribution in [0.4, 0.5) is 4.79 Å². The Morgan fingerprint density at radius 2 is 1.83 bits per heavy atom. The Kier molecular flexibility index (Phi) is 11.9. The Morgan fingerprint density at radius 1 is 1.02 bits per heavy atom. The van der Waals surface area contributed by atoms with Crippen LogP contribution in [0.2, 0.25) is 25.7 Å². The molecule has 3 unspecified atom stereocenters. The topological polar surface area (TPSA) is 106 Å². The van der Waals surface area contributed by atoms with Gasteiger partial charge < -0.3 is 33.9 Å². The fraction of sp³-hybridized carbons (Fsp3) is 0.444. The van der Waals surface area contributed by atoms with Crippen LogP contribution < -0.4 is 4.74 Å². The van der Waals surface area contributed by atoms with Crippen molar-refractivity contribution in [1.82, 2.24) is 14.9 Å². The average molecular weight is 646 g/mol. The van der Waals surface area contributed by atoms with E-state index in [2.05, 4.69) is 59.9 Å². The smallest absolute Gasteiger partial charge is 0.407 e. The summed E-state index contributed by atoms with van der Waals surface area (Å²) < 4.78 is 24.8. The van der Waals surface area contributed by atoms with Gasteiger partial charge in [0.2, 0.25) is 0 Å². The zero-order valence-electron chi connectivity index (χ0n) is 27.2. The molecule has 0 saturated carbocycles. The lowest BCUT2D eigenvalue weighted by Crippen LogP contribution is -2.47. The number of nitrogens with one attached hydrogen (secondary N) is 1. The van der Waals surface area contributed by atoms with Crippen molar-refractivity contribution in [1.29, 1.82) is 0 Å². The number of nitrogens with zero attached hydrogens (tertiary/aromatic N) is 2. The lowest BCUT2D eigenvalue weighted by molar-refractivity contribution is -0.0862. The highest BCUT2D eigenvalue weighted by atomic mass is 28.3. The number of amides is 1. The number of likely N-dealkylation sites (tertiary alicyclic amines) is 1. The normalized spacial score (nSPS) is 17.7. The number of ether oxygens (including phenoxy) is 4. The molecule has 3 aromatic carbocycles. The molecule has 10 heteroatoms. The van der Waals surface area contributed by atoms with Crippen LogP contribution in [0.1, 0.15) is 41.6 Å². The summed E-state index contributed by atoms with van der Waals surface area (Å²) in [5.74, 6) is 0.824. The maximum Gasteiger partial charge on any atom is 0.407 e. The summed E-state index contributed by atoms with van der Waals surface area (Å²) in [6.45, 7) is 10.6. The van der Waals surface area contributed by atoms with Gasteiger partial charge in [-0.15, -0.1) is 0 Å². The molecule has 4 aromatic rings. The number of hydrogen-bond acceptors (Lipinski definition) is 6. The number of benzene rings is 3. The molecule has 46 heavy (non-hydrogen) atoms. The van der Waals surface area contributed by atoms with Crippen LogP contribution in [0, 0.1) is 0 Å². The number of H-pyrrole nitrogens is 1. The van der Waals surface area contributed by atoms with Crippen LogP contribution in [0.3, 0.4) is 0 Å². The highest BCUT2D eigenvalue weighted by Gasteiger charge is 2.35. The molecule has 0 aliphatic carbocycles. The number of piperidine rings is 1. The summed E-state index contributed by atoms with van der Waals surface area (Å²) >= 11 is 0. The summed E-state index contributed by atoms with van der Waals surface area (Å²) in [6.07, 6.45) is 1.51. The molecular weight excluding hydrogens is 598 g/mol. The van der Waals surface area contributed by atoms with Crippen molar-refractivity contribution in [3.8, 4) is 5.75 Å². The number of fused-ring (bicyclic) bond motifs is 1. The zero-order chi connectivity index (χ0) is 32.4. The zero-order valence-corrected chi connectivity index (χ0v) is 28.2. The molecule has 1 aliphatic heterocycles. The van der Waals surface area contributed by atoms with E-state index in [-0.39, 0.29) is 18.1 Å². The van der Waals surface area contributed by atoms with Crippen LogP contribution in [-0.2, 0) is 20.8 Å². The van der Waals surface area contributed by atoms with E-state index in [1.807, 2.05) is 42.5 Å². The maximum atomic E-state index is 12.0. The Morgan fingerprint density at radius 3 is 2.59 bits per heavy atom. The summed E-state index contributed by atoms with van der Waals surface area (Å²) in [5, 5.41) is 9.85. The predicted molar refractivity (Wildman–Crippen MR) is 182 cm³/mol. The van der Waals surface area contributed by atoms with Crippen LogP contribution in [0.15, 0.2) is 79.1 Å². The molecule has 5 rings (SSSR count). The monoisotopic (exact) mass is 645 g/mol. The fourth-order valence-electron chi connectivity index (χ4n) is 5.68. The second-order valence-electron chi connectivity index (χ2n) is 13.2. The quantitative estimate of drug-likeness (QED) is 0.0960. The summed E-state index contributed by atoms with van der Waals surface area (Å²) in [6, 6.07) is 25.4. The lowest BCUT2D eigenvalue weighted by atomic mass is 9.86. The van der Waals surface area contributed by atoms with E-state index in [1.54, 1.807) is 6.33 Å². The van der Waals surface area contributed by atoms with Gasteiger partial charge in [0.1, 0.15) is 11.9 Å². The molecule has 1 aromatic heterocycles. The third-order valence-corrected chi connectivity index (χ3v) is 10.1. The first-order valence-corrected chi connectivity index (χ1v) is 19.9.